The molecule has 0 fully saturated rings. The van der Waals surface area contributed by atoms with Crippen LogP contribution >= 0.6 is 23.7 Å². The molecule has 0 radical (unpaired) electrons. The quantitative estimate of drug-likeness (QED) is 0.845. The number of halogens is 1. The maximum atomic E-state index is 4.69. The fraction of sp³-hybridized carbons (Fsp3) is 0.308. The lowest BCUT2D eigenvalue weighted by atomic mass is 10.2. The molecule has 17 heavy (non-hydrogen) atoms. The van der Waals surface area contributed by atoms with Crippen LogP contribution in [0.15, 0.2) is 30.3 Å². The second-order valence-corrected chi connectivity index (χ2v) is 5.12. The summed E-state index contributed by atoms with van der Waals surface area (Å²) < 4.78 is 0. The summed E-state index contributed by atoms with van der Waals surface area (Å²) >= 11 is 1.83. The number of aromatic nitrogens is 1. The molecule has 0 bridgehead atoms. The number of hydrogen-bond donors (Lipinski definition) is 1. The van der Waals surface area contributed by atoms with E-state index in [1.165, 1.54) is 29.7 Å². The van der Waals surface area contributed by atoms with E-state index >= 15 is 0 Å². The Bertz CT molecular complexity index is 458. The second-order valence-electron chi connectivity index (χ2n) is 4.04. The third kappa shape index (κ3) is 2.61. The van der Waals surface area contributed by atoms with E-state index in [4.69, 9.17) is 0 Å². The fourth-order valence-electron chi connectivity index (χ4n) is 1.98. The van der Waals surface area contributed by atoms with Crippen molar-refractivity contribution in [2.24, 2.45) is 0 Å². The summed E-state index contributed by atoms with van der Waals surface area (Å²) in [6.07, 6.45) is 3.70. The average molecular weight is 267 g/mol. The number of nitrogens with one attached hydrogen (secondary N) is 1. The summed E-state index contributed by atoms with van der Waals surface area (Å²) in [6, 6.07) is 10.4. The maximum absolute atomic E-state index is 4.69. The number of hydrogen-bond acceptors (Lipinski definition) is 3. The monoisotopic (exact) mass is 266 g/mol. The first-order valence-electron chi connectivity index (χ1n) is 5.72. The van der Waals surface area contributed by atoms with Gasteiger partial charge in [-0.1, -0.05) is 30.3 Å². The van der Waals surface area contributed by atoms with Gasteiger partial charge < -0.3 is 5.32 Å². The highest BCUT2D eigenvalue weighted by molar-refractivity contribution is 7.15. The average Bonchev–Trinajstić information content (AvgIpc) is 2.62. The van der Waals surface area contributed by atoms with Crippen LogP contribution in [0.2, 0.25) is 0 Å². The molecule has 3 rings (SSSR count). The van der Waals surface area contributed by atoms with Crippen LogP contribution in [0.1, 0.15) is 17.7 Å². The smallest absolute Gasteiger partial charge is 0.140 e. The van der Waals surface area contributed by atoms with E-state index in [-0.39, 0.29) is 12.4 Å². The summed E-state index contributed by atoms with van der Waals surface area (Å²) in [5.74, 6) is 1.11. The molecule has 90 valence electrons. The van der Waals surface area contributed by atoms with Crippen LogP contribution in [-0.4, -0.2) is 11.5 Å². The van der Waals surface area contributed by atoms with E-state index in [1.54, 1.807) is 0 Å². The lowest BCUT2D eigenvalue weighted by Crippen LogP contribution is -1.99. The zero-order chi connectivity index (χ0) is 10.8. The highest BCUT2D eigenvalue weighted by Gasteiger charge is 2.14. The van der Waals surface area contributed by atoms with E-state index in [9.17, 15) is 0 Å². The number of anilines is 1. The Hall–Kier alpha value is -1.06. The van der Waals surface area contributed by atoms with Crippen LogP contribution in [0.3, 0.4) is 0 Å². The van der Waals surface area contributed by atoms with Gasteiger partial charge in [0.05, 0.1) is 0 Å². The van der Waals surface area contributed by atoms with Crippen LogP contribution in [0, 0.1) is 0 Å². The van der Waals surface area contributed by atoms with E-state index in [1.807, 2.05) is 17.4 Å². The minimum absolute atomic E-state index is 0. The third-order valence-corrected chi connectivity index (χ3v) is 4.01. The summed E-state index contributed by atoms with van der Waals surface area (Å²) in [4.78, 5) is 6.10. The van der Waals surface area contributed by atoms with Gasteiger partial charge in [0.1, 0.15) is 10.8 Å². The molecule has 0 atom stereocenters. The molecule has 2 heterocycles. The molecule has 1 aliphatic heterocycles. The zero-order valence-corrected chi connectivity index (χ0v) is 11.1. The van der Waals surface area contributed by atoms with Gasteiger partial charge in [-0.25, -0.2) is 4.98 Å². The van der Waals surface area contributed by atoms with Crippen molar-refractivity contribution in [3.8, 4) is 10.6 Å². The molecule has 2 nitrogen and oxygen atoms in total. The molecule has 1 aromatic heterocycles. The fourth-order valence-corrected chi connectivity index (χ4v) is 3.07. The van der Waals surface area contributed by atoms with Crippen molar-refractivity contribution in [1.29, 1.82) is 0 Å². The first kappa shape index (κ1) is 12.4. The van der Waals surface area contributed by atoms with Crippen LogP contribution < -0.4 is 5.32 Å². The minimum atomic E-state index is 0. The highest BCUT2D eigenvalue weighted by Crippen LogP contribution is 2.33. The predicted octanol–water partition coefficient (Wildman–Crippen LogP) is 3.98. The Labute approximate surface area is 112 Å². The highest BCUT2D eigenvalue weighted by atomic mass is 35.5. The van der Waals surface area contributed by atoms with E-state index in [0.29, 0.717) is 0 Å². The lowest BCUT2D eigenvalue weighted by molar-refractivity contribution is 0.790. The Kier molecular flexibility index (Phi) is 4.02. The number of fused-ring (bicyclic) bond motifs is 1. The van der Waals surface area contributed by atoms with Gasteiger partial charge in [0.2, 0.25) is 0 Å². The molecule has 0 saturated heterocycles. The minimum Gasteiger partial charge on any atom is -0.369 e. The van der Waals surface area contributed by atoms with Crippen LogP contribution in [0.25, 0.3) is 10.6 Å². The Morgan fingerprint density at radius 2 is 1.94 bits per heavy atom. The molecule has 2 aromatic rings. The standard InChI is InChI=1S/C13H14N2S.ClH/c1-2-6-10(7-3-1)13-15-12-11(16-13)8-4-5-9-14-12;/h1-3,6-7,14H,4-5,8-9H2;1H. The van der Waals surface area contributed by atoms with Crippen molar-refractivity contribution >= 4 is 29.6 Å². The van der Waals surface area contributed by atoms with Crippen molar-refractivity contribution in [3.05, 3.63) is 35.2 Å². The lowest BCUT2D eigenvalue weighted by Gasteiger charge is -1.98. The molecular weight excluding hydrogens is 252 g/mol. The first-order valence-corrected chi connectivity index (χ1v) is 6.54. The number of nitrogens with zero attached hydrogens (tertiary/aromatic N) is 1. The molecule has 0 amide bonds. The van der Waals surface area contributed by atoms with Crippen LogP contribution in [0.4, 0.5) is 5.82 Å². The second kappa shape index (κ2) is 5.52. The summed E-state index contributed by atoms with van der Waals surface area (Å²) in [6.45, 7) is 1.06. The van der Waals surface area contributed by atoms with Crippen molar-refractivity contribution in [2.75, 3.05) is 11.9 Å². The maximum Gasteiger partial charge on any atom is 0.140 e. The molecular formula is C13H15ClN2S. The van der Waals surface area contributed by atoms with Gasteiger partial charge in [0.15, 0.2) is 0 Å². The van der Waals surface area contributed by atoms with Gasteiger partial charge in [-0.3, -0.25) is 0 Å². The molecule has 0 unspecified atom stereocenters. The van der Waals surface area contributed by atoms with Crippen molar-refractivity contribution in [2.45, 2.75) is 19.3 Å². The molecule has 0 aliphatic carbocycles. The SMILES string of the molecule is Cl.c1ccc(-c2nc3c(s2)CCCCN3)cc1. The first-order chi connectivity index (χ1) is 7.93. The van der Waals surface area contributed by atoms with Gasteiger partial charge in [0.25, 0.3) is 0 Å². The number of rotatable bonds is 1. The summed E-state index contributed by atoms with van der Waals surface area (Å²) in [5.41, 5.74) is 1.22. The van der Waals surface area contributed by atoms with E-state index < -0.39 is 0 Å². The normalized spacial score (nSPS) is 14.1. The largest absolute Gasteiger partial charge is 0.369 e. The summed E-state index contributed by atoms with van der Waals surface area (Å²) in [5, 5.41) is 4.55. The van der Waals surface area contributed by atoms with E-state index in [0.717, 1.165) is 17.4 Å². The number of benzene rings is 1. The van der Waals surface area contributed by atoms with Crippen molar-refractivity contribution < 1.29 is 0 Å². The topological polar surface area (TPSA) is 24.9 Å². The Balaban J connectivity index is 0.00000108. The van der Waals surface area contributed by atoms with Gasteiger partial charge >= 0.3 is 0 Å². The number of thiazole rings is 1. The van der Waals surface area contributed by atoms with Crippen LogP contribution in [0.5, 0.6) is 0 Å². The number of aryl methyl sites for hydroxylation is 1. The van der Waals surface area contributed by atoms with Gasteiger partial charge in [0, 0.05) is 17.0 Å². The van der Waals surface area contributed by atoms with E-state index in [2.05, 4.69) is 34.6 Å². The molecule has 0 spiro atoms. The summed E-state index contributed by atoms with van der Waals surface area (Å²) in [7, 11) is 0. The predicted molar refractivity (Wildman–Crippen MR) is 76.2 cm³/mol. The molecule has 1 aliphatic rings. The van der Waals surface area contributed by atoms with Gasteiger partial charge in [-0.15, -0.1) is 23.7 Å². The molecule has 1 aromatic carbocycles. The van der Waals surface area contributed by atoms with Gasteiger partial charge in [-0.2, -0.15) is 0 Å². The molecule has 4 heteroatoms. The van der Waals surface area contributed by atoms with Crippen molar-refractivity contribution in [1.82, 2.24) is 4.98 Å². The van der Waals surface area contributed by atoms with Crippen molar-refractivity contribution in [3.63, 3.8) is 0 Å². The molecule has 1 N–H and O–H groups in total. The van der Waals surface area contributed by atoms with Crippen LogP contribution in [-0.2, 0) is 6.42 Å². The molecule has 0 saturated carbocycles. The zero-order valence-electron chi connectivity index (χ0n) is 9.48. The third-order valence-electron chi connectivity index (χ3n) is 2.84. The Morgan fingerprint density at radius 1 is 1.12 bits per heavy atom. The Morgan fingerprint density at radius 3 is 2.76 bits per heavy atom. The van der Waals surface area contributed by atoms with Gasteiger partial charge in [-0.05, 0) is 19.3 Å².